The third kappa shape index (κ3) is 12.1. The highest BCUT2D eigenvalue weighted by atomic mass is 16.5. The van der Waals surface area contributed by atoms with E-state index in [-0.39, 0.29) is 0 Å². The molecule has 2 aliphatic rings. The molecular weight excluding hydrogens is 462 g/mol. The summed E-state index contributed by atoms with van der Waals surface area (Å²) in [4.78, 5) is 8.92. The van der Waals surface area contributed by atoms with Crippen molar-refractivity contribution in [3.8, 4) is 0 Å². The van der Waals surface area contributed by atoms with Crippen LogP contribution in [0, 0.1) is 13.8 Å². The van der Waals surface area contributed by atoms with Crippen LogP contribution in [0.2, 0.25) is 0 Å². The molecule has 8 heteroatoms. The Morgan fingerprint density at radius 3 is 1.62 bits per heavy atom. The second kappa shape index (κ2) is 17.0. The molecule has 8 nitrogen and oxygen atoms in total. The minimum atomic E-state index is 0.437. The van der Waals surface area contributed by atoms with E-state index < -0.39 is 0 Å². The fourth-order valence-corrected chi connectivity index (χ4v) is 4.70. The summed E-state index contributed by atoms with van der Waals surface area (Å²) >= 11 is 0. The van der Waals surface area contributed by atoms with E-state index in [2.05, 4.69) is 106 Å². The van der Waals surface area contributed by atoms with Gasteiger partial charge in [-0.2, -0.15) is 5.10 Å². The van der Waals surface area contributed by atoms with Crippen LogP contribution >= 0.6 is 0 Å². The molecule has 1 atom stereocenters. The Balaban J connectivity index is 0.000000247. The summed E-state index contributed by atoms with van der Waals surface area (Å²) < 4.78 is 9.34. The first-order valence-corrected chi connectivity index (χ1v) is 14.1. The number of morpholine rings is 1. The number of aromatic nitrogens is 4. The molecule has 0 aliphatic carbocycles. The zero-order valence-electron chi connectivity index (χ0n) is 25.7. The van der Waals surface area contributed by atoms with Gasteiger partial charge in [-0.3, -0.25) is 14.5 Å². The average Bonchev–Trinajstić information content (AvgIpc) is 3.55. The SMILES string of the molecule is CC(C)N1CCOCC1.CC(C)N1CC[C@H](N)C1.CC(C)c1ncnn1C.Cc1ccc(C)n1C(C)C. The van der Waals surface area contributed by atoms with Gasteiger partial charge in [-0.15, -0.1) is 0 Å². The van der Waals surface area contributed by atoms with Gasteiger partial charge >= 0.3 is 0 Å². The number of nitrogens with zero attached hydrogens (tertiary/aromatic N) is 6. The maximum absolute atomic E-state index is 5.72. The molecular formula is C29H57N7O. The lowest BCUT2D eigenvalue weighted by Gasteiger charge is -2.29. The molecule has 0 radical (unpaired) electrons. The van der Waals surface area contributed by atoms with E-state index in [0.717, 1.165) is 38.7 Å². The summed E-state index contributed by atoms with van der Waals surface area (Å²) in [6.45, 7) is 28.1. The molecule has 2 N–H and O–H groups in total. The van der Waals surface area contributed by atoms with Gasteiger partial charge in [0.25, 0.3) is 0 Å². The Bertz CT molecular complexity index is 822. The number of likely N-dealkylation sites (tertiary alicyclic amines) is 1. The second-order valence-corrected chi connectivity index (χ2v) is 11.4. The summed E-state index contributed by atoms with van der Waals surface area (Å²) in [5, 5.41) is 3.94. The standard InChI is InChI=1S/C9H15N.C7H16N2.C7H15NO.C6H11N3/c1-7(2)10-8(3)5-6-9(10)4;1-6(2)9-4-3-7(8)5-9;1-7(2)8-3-5-9-6-4-8;1-5(2)6-7-4-8-9(6)3/h5-7H,1-4H3;6-7H,3-5,8H2,1-2H3;7H,3-6H2,1-2H3;4-5H,1-3H3/t;7-;;/m.0../s1. The van der Waals surface area contributed by atoms with Crippen LogP contribution in [0.4, 0.5) is 0 Å². The Hall–Kier alpha value is -1.74. The molecule has 214 valence electrons. The highest BCUT2D eigenvalue weighted by molar-refractivity contribution is 5.14. The fourth-order valence-electron chi connectivity index (χ4n) is 4.70. The summed E-state index contributed by atoms with van der Waals surface area (Å²) in [7, 11) is 1.91. The van der Waals surface area contributed by atoms with E-state index in [1.807, 2.05) is 7.05 Å². The maximum Gasteiger partial charge on any atom is 0.138 e. The van der Waals surface area contributed by atoms with Crippen LogP contribution in [0.5, 0.6) is 0 Å². The van der Waals surface area contributed by atoms with Gasteiger partial charge in [0, 0.05) is 68.2 Å². The number of ether oxygens (including phenoxy) is 1. The molecule has 0 unspecified atom stereocenters. The zero-order chi connectivity index (χ0) is 28.1. The van der Waals surface area contributed by atoms with Gasteiger partial charge in [0.15, 0.2) is 0 Å². The zero-order valence-corrected chi connectivity index (χ0v) is 25.7. The highest BCUT2D eigenvalue weighted by Gasteiger charge is 2.20. The lowest BCUT2D eigenvalue weighted by molar-refractivity contribution is 0.0238. The highest BCUT2D eigenvalue weighted by Crippen LogP contribution is 2.14. The number of aryl methyl sites for hydroxylation is 3. The number of hydrogen-bond acceptors (Lipinski definition) is 6. The van der Waals surface area contributed by atoms with Crippen LogP contribution in [0.15, 0.2) is 18.5 Å². The lowest BCUT2D eigenvalue weighted by Crippen LogP contribution is -2.40. The Kier molecular flexibility index (Phi) is 15.3. The van der Waals surface area contributed by atoms with Crippen molar-refractivity contribution in [2.75, 3.05) is 39.4 Å². The molecule has 0 spiro atoms. The molecule has 0 bridgehead atoms. The first kappa shape index (κ1) is 33.3. The van der Waals surface area contributed by atoms with Gasteiger partial charge in [0.05, 0.1) is 13.2 Å². The first-order valence-electron chi connectivity index (χ1n) is 14.1. The van der Waals surface area contributed by atoms with Crippen LogP contribution < -0.4 is 5.73 Å². The minimum absolute atomic E-state index is 0.437. The van der Waals surface area contributed by atoms with Crippen molar-refractivity contribution in [1.29, 1.82) is 0 Å². The molecule has 2 aromatic rings. The summed E-state index contributed by atoms with van der Waals surface area (Å²) in [5.41, 5.74) is 8.43. The quantitative estimate of drug-likeness (QED) is 0.626. The molecule has 4 heterocycles. The van der Waals surface area contributed by atoms with Gasteiger partial charge in [-0.25, -0.2) is 4.98 Å². The van der Waals surface area contributed by atoms with Crippen molar-refractivity contribution in [1.82, 2.24) is 29.1 Å². The van der Waals surface area contributed by atoms with Gasteiger partial charge in [0.2, 0.25) is 0 Å². The normalized spacial score (nSPS) is 18.4. The predicted molar refractivity (Wildman–Crippen MR) is 156 cm³/mol. The van der Waals surface area contributed by atoms with E-state index in [1.165, 1.54) is 24.4 Å². The first-order chi connectivity index (χ1) is 17.3. The van der Waals surface area contributed by atoms with Crippen LogP contribution in [0.3, 0.4) is 0 Å². The number of hydrogen-bond donors (Lipinski definition) is 1. The van der Waals surface area contributed by atoms with Crippen molar-refractivity contribution < 1.29 is 4.74 Å². The van der Waals surface area contributed by atoms with Gasteiger partial charge < -0.3 is 15.0 Å². The summed E-state index contributed by atoms with van der Waals surface area (Å²) in [6.07, 6.45) is 2.76. The van der Waals surface area contributed by atoms with Crippen LogP contribution in [-0.4, -0.2) is 86.6 Å². The topological polar surface area (TPSA) is 77.4 Å². The second-order valence-electron chi connectivity index (χ2n) is 11.4. The maximum atomic E-state index is 5.72. The largest absolute Gasteiger partial charge is 0.379 e. The minimum Gasteiger partial charge on any atom is -0.379 e. The van der Waals surface area contributed by atoms with Gasteiger partial charge in [-0.1, -0.05) is 13.8 Å². The predicted octanol–water partition coefficient (Wildman–Crippen LogP) is 4.78. The Labute approximate surface area is 227 Å². The van der Waals surface area contributed by atoms with Crippen molar-refractivity contribution in [3.63, 3.8) is 0 Å². The van der Waals surface area contributed by atoms with Crippen molar-refractivity contribution >= 4 is 0 Å². The molecule has 0 amide bonds. The molecule has 4 rings (SSSR count). The van der Waals surface area contributed by atoms with Crippen LogP contribution in [0.1, 0.15) is 91.0 Å². The lowest BCUT2D eigenvalue weighted by atomic mass is 10.2. The van der Waals surface area contributed by atoms with Crippen molar-refractivity contribution in [3.05, 3.63) is 35.7 Å². The molecule has 2 aliphatic heterocycles. The third-order valence-corrected chi connectivity index (χ3v) is 6.87. The van der Waals surface area contributed by atoms with Crippen molar-refractivity contribution in [2.24, 2.45) is 12.8 Å². The average molecular weight is 520 g/mol. The molecule has 0 aromatic carbocycles. The Morgan fingerprint density at radius 2 is 1.38 bits per heavy atom. The van der Waals surface area contributed by atoms with Crippen LogP contribution in [0.25, 0.3) is 0 Å². The van der Waals surface area contributed by atoms with E-state index in [1.54, 1.807) is 11.0 Å². The van der Waals surface area contributed by atoms with Gasteiger partial charge in [-0.05, 0) is 80.5 Å². The third-order valence-electron chi connectivity index (χ3n) is 6.87. The molecule has 37 heavy (non-hydrogen) atoms. The molecule has 2 aromatic heterocycles. The smallest absolute Gasteiger partial charge is 0.138 e. The van der Waals surface area contributed by atoms with E-state index in [4.69, 9.17) is 10.5 Å². The van der Waals surface area contributed by atoms with E-state index in [0.29, 0.717) is 30.1 Å². The van der Waals surface area contributed by atoms with Crippen molar-refractivity contribution in [2.45, 2.75) is 106 Å². The van der Waals surface area contributed by atoms with E-state index in [9.17, 15) is 0 Å². The van der Waals surface area contributed by atoms with E-state index >= 15 is 0 Å². The number of rotatable bonds is 4. The molecule has 2 saturated heterocycles. The fraction of sp³-hybridized carbons (Fsp3) is 0.793. The van der Waals surface area contributed by atoms with Crippen LogP contribution in [-0.2, 0) is 11.8 Å². The van der Waals surface area contributed by atoms with Gasteiger partial charge in [0.1, 0.15) is 12.2 Å². The summed E-state index contributed by atoms with van der Waals surface area (Å²) in [6, 6.07) is 6.72. The summed E-state index contributed by atoms with van der Waals surface area (Å²) in [5.74, 6) is 1.51. The monoisotopic (exact) mass is 519 g/mol. The molecule has 0 saturated carbocycles. The number of nitrogens with two attached hydrogens (primary N) is 1. The molecule has 2 fully saturated rings. The Morgan fingerprint density at radius 1 is 0.838 bits per heavy atom.